The van der Waals surface area contributed by atoms with Crippen molar-refractivity contribution in [3.05, 3.63) is 12.2 Å². The first-order chi connectivity index (χ1) is 8.66. The van der Waals surface area contributed by atoms with Crippen LogP contribution in [0.25, 0.3) is 0 Å². The largest absolute Gasteiger partial charge is 0.100 e. The van der Waals surface area contributed by atoms with Crippen LogP contribution in [-0.4, -0.2) is 0 Å². The normalized spacial score (nSPS) is 12.6. The Morgan fingerprint density at radius 2 is 1.33 bits per heavy atom. The topological polar surface area (TPSA) is 0 Å². The van der Waals surface area contributed by atoms with Gasteiger partial charge < -0.3 is 0 Å². The summed E-state index contributed by atoms with van der Waals surface area (Å²) in [6.07, 6.45) is 16.9. The molecule has 0 heterocycles. The molecule has 0 radical (unpaired) electrons. The van der Waals surface area contributed by atoms with Crippen molar-refractivity contribution in [2.75, 3.05) is 0 Å². The lowest BCUT2D eigenvalue weighted by Gasteiger charge is -2.09. The quantitative estimate of drug-likeness (QED) is 0.247. The van der Waals surface area contributed by atoms with Crippen molar-refractivity contribution >= 4 is 0 Å². The number of rotatable bonds is 13. The lowest BCUT2D eigenvalue weighted by molar-refractivity contribution is 0.450. The summed E-state index contributed by atoms with van der Waals surface area (Å²) >= 11 is 0. The average molecular weight is 252 g/mol. The van der Waals surface area contributed by atoms with Crippen molar-refractivity contribution in [2.24, 2.45) is 5.92 Å². The molecule has 0 aliphatic heterocycles. The second-order valence-electron chi connectivity index (χ2n) is 6.22. The molecule has 0 nitrogen and oxygen atoms in total. The minimum Gasteiger partial charge on any atom is -0.100 e. The summed E-state index contributed by atoms with van der Waals surface area (Å²) in [7, 11) is 0. The average Bonchev–Trinajstić information content (AvgIpc) is 2.31. The number of unbranched alkanes of at least 4 members (excludes halogenated alkanes) is 7. The highest BCUT2D eigenvalue weighted by Crippen LogP contribution is 2.16. The van der Waals surface area contributed by atoms with Gasteiger partial charge in [0.05, 0.1) is 0 Å². The second-order valence-corrected chi connectivity index (χ2v) is 6.22. The molecule has 0 aliphatic rings. The van der Waals surface area contributed by atoms with E-state index < -0.39 is 0 Å². The molecule has 0 amide bonds. The maximum Gasteiger partial charge on any atom is -0.0326 e. The SMILES string of the molecule is C=C(C)CCCCCCCCCCC(C)CCC. The van der Waals surface area contributed by atoms with Crippen molar-refractivity contribution in [3.63, 3.8) is 0 Å². The summed E-state index contributed by atoms with van der Waals surface area (Å²) < 4.78 is 0. The zero-order valence-corrected chi connectivity index (χ0v) is 13.3. The first-order valence-electron chi connectivity index (χ1n) is 8.31. The van der Waals surface area contributed by atoms with Gasteiger partial charge in [-0.1, -0.05) is 83.6 Å². The van der Waals surface area contributed by atoms with E-state index in [1.807, 2.05) is 0 Å². The Hall–Kier alpha value is -0.260. The van der Waals surface area contributed by atoms with Crippen LogP contribution in [0.1, 0.15) is 97.8 Å². The fourth-order valence-corrected chi connectivity index (χ4v) is 2.62. The van der Waals surface area contributed by atoms with Crippen LogP contribution in [0.2, 0.25) is 0 Å². The lowest BCUT2D eigenvalue weighted by atomic mass is 9.98. The molecule has 0 aliphatic carbocycles. The van der Waals surface area contributed by atoms with Crippen molar-refractivity contribution in [1.82, 2.24) is 0 Å². The highest BCUT2D eigenvalue weighted by Gasteiger charge is 1.99. The van der Waals surface area contributed by atoms with Gasteiger partial charge in [-0.15, -0.1) is 6.58 Å². The van der Waals surface area contributed by atoms with Gasteiger partial charge in [0.15, 0.2) is 0 Å². The first-order valence-corrected chi connectivity index (χ1v) is 8.31. The zero-order chi connectivity index (χ0) is 13.6. The third kappa shape index (κ3) is 13.8. The van der Waals surface area contributed by atoms with E-state index in [1.54, 1.807) is 0 Å². The predicted octanol–water partition coefficient (Wildman–Crippen LogP) is 6.90. The molecule has 1 unspecified atom stereocenters. The Morgan fingerprint density at radius 1 is 0.833 bits per heavy atom. The highest BCUT2D eigenvalue weighted by atomic mass is 14.1. The monoisotopic (exact) mass is 252 g/mol. The van der Waals surface area contributed by atoms with Crippen molar-refractivity contribution < 1.29 is 0 Å². The predicted molar refractivity (Wildman–Crippen MR) is 85.1 cm³/mol. The Morgan fingerprint density at radius 3 is 1.83 bits per heavy atom. The Bertz CT molecular complexity index is 180. The molecule has 0 aromatic heterocycles. The first kappa shape index (κ1) is 17.7. The third-order valence-corrected chi connectivity index (χ3v) is 3.83. The van der Waals surface area contributed by atoms with Gasteiger partial charge in [0.2, 0.25) is 0 Å². The molecular formula is C18H36. The summed E-state index contributed by atoms with van der Waals surface area (Å²) in [5.41, 5.74) is 1.34. The van der Waals surface area contributed by atoms with E-state index in [0.29, 0.717) is 0 Å². The van der Waals surface area contributed by atoms with Gasteiger partial charge in [-0.3, -0.25) is 0 Å². The van der Waals surface area contributed by atoms with Gasteiger partial charge in [0.1, 0.15) is 0 Å². The molecule has 0 aromatic carbocycles. The molecule has 1 atom stereocenters. The fraction of sp³-hybridized carbons (Fsp3) is 0.889. The van der Waals surface area contributed by atoms with E-state index >= 15 is 0 Å². The van der Waals surface area contributed by atoms with Crippen LogP contribution in [0, 0.1) is 5.92 Å². The zero-order valence-electron chi connectivity index (χ0n) is 13.3. The van der Waals surface area contributed by atoms with Crippen LogP contribution in [0.4, 0.5) is 0 Å². The lowest BCUT2D eigenvalue weighted by Crippen LogP contribution is -1.93. The van der Waals surface area contributed by atoms with Gasteiger partial charge in [0.25, 0.3) is 0 Å². The molecule has 108 valence electrons. The van der Waals surface area contributed by atoms with Gasteiger partial charge in [-0.2, -0.15) is 0 Å². The molecule has 0 fully saturated rings. The van der Waals surface area contributed by atoms with E-state index in [-0.39, 0.29) is 0 Å². The number of allylic oxidation sites excluding steroid dienone is 1. The maximum atomic E-state index is 3.95. The van der Waals surface area contributed by atoms with Crippen LogP contribution in [0.3, 0.4) is 0 Å². The van der Waals surface area contributed by atoms with Crippen LogP contribution < -0.4 is 0 Å². The van der Waals surface area contributed by atoms with Crippen LogP contribution in [0.5, 0.6) is 0 Å². The maximum absolute atomic E-state index is 3.95. The molecule has 0 rings (SSSR count). The number of hydrogen-bond donors (Lipinski definition) is 0. The fourth-order valence-electron chi connectivity index (χ4n) is 2.62. The van der Waals surface area contributed by atoms with Crippen molar-refractivity contribution in [2.45, 2.75) is 97.8 Å². The van der Waals surface area contributed by atoms with Gasteiger partial charge in [-0.05, 0) is 25.7 Å². The van der Waals surface area contributed by atoms with Gasteiger partial charge in [-0.25, -0.2) is 0 Å². The standard InChI is InChI=1S/C18H36/c1-5-14-18(4)16-13-11-9-7-6-8-10-12-15-17(2)3/h18H,2,5-16H2,1,3-4H3. The van der Waals surface area contributed by atoms with Crippen LogP contribution in [0.15, 0.2) is 12.2 Å². The van der Waals surface area contributed by atoms with Gasteiger partial charge in [0, 0.05) is 0 Å². The molecule has 0 saturated carbocycles. The Labute approximate surface area is 116 Å². The molecule has 0 bridgehead atoms. The highest BCUT2D eigenvalue weighted by molar-refractivity contribution is 4.86. The smallest absolute Gasteiger partial charge is 0.0326 e. The third-order valence-electron chi connectivity index (χ3n) is 3.83. The van der Waals surface area contributed by atoms with Gasteiger partial charge >= 0.3 is 0 Å². The van der Waals surface area contributed by atoms with Crippen molar-refractivity contribution in [1.29, 1.82) is 0 Å². The van der Waals surface area contributed by atoms with E-state index in [4.69, 9.17) is 0 Å². The molecule has 18 heavy (non-hydrogen) atoms. The molecule has 0 saturated heterocycles. The molecule has 0 spiro atoms. The molecule has 0 aromatic rings. The van der Waals surface area contributed by atoms with E-state index in [0.717, 1.165) is 5.92 Å². The Kier molecular flexibility index (Phi) is 13.0. The van der Waals surface area contributed by atoms with E-state index in [1.165, 1.54) is 82.6 Å². The second kappa shape index (κ2) is 13.2. The summed E-state index contributed by atoms with van der Waals surface area (Å²) in [6.45, 7) is 10.8. The number of hydrogen-bond acceptors (Lipinski definition) is 0. The van der Waals surface area contributed by atoms with Crippen LogP contribution in [-0.2, 0) is 0 Å². The summed E-state index contributed by atoms with van der Waals surface area (Å²) in [5.74, 6) is 0.956. The van der Waals surface area contributed by atoms with Crippen LogP contribution >= 0.6 is 0 Å². The Balaban J connectivity index is 3.05. The summed E-state index contributed by atoms with van der Waals surface area (Å²) in [4.78, 5) is 0. The van der Waals surface area contributed by atoms with E-state index in [9.17, 15) is 0 Å². The molecular weight excluding hydrogens is 216 g/mol. The minimum absolute atomic E-state index is 0.956. The van der Waals surface area contributed by atoms with Crippen molar-refractivity contribution in [3.8, 4) is 0 Å². The molecule has 0 N–H and O–H groups in total. The summed E-state index contributed by atoms with van der Waals surface area (Å²) in [6, 6.07) is 0. The van der Waals surface area contributed by atoms with E-state index in [2.05, 4.69) is 27.4 Å². The summed E-state index contributed by atoms with van der Waals surface area (Å²) in [5, 5.41) is 0. The minimum atomic E-state index is 0.956. The molecule has 0 heteroatoms.